The fourth-order valence-electron chi connectivity index (χ4n) is 2.40. The lowest BCUT2D eigenvalue weighted by Crippen LogP contribution is -2.43. The van der Waals surface area contributed by atoms with Crippen LogP contribution in [0.15, 0.2) is 18.5 Å². The molecule has 1 aliphatic carbocycles. The SMILES string of the molecule is CC(Cn1cccn1)NC(=O)C1CCCC1N. The number of rotatable bonds is 4. The molecule has 3 N–H and O–H groups in total. The van der Waals surface area contributed by atoms with Gasteiger partial charge in [0, 0.05) is 24.5 Å². The van der Waals surface area contributed by atoms with E-state index >= 15 is 0 Å². The molecular formula is C12H20N4O. The number of hydrogen-bond donors (Lipinski definition) is 2. The van der Waals surface area contributed by atoms with Gasteiger partial charge in [0.2, 0.25) is 5.91 Å². The van der Waals surface area contributed by atoms with Crippen LogP contribution in [0.4, 0.5) is 0 Å². The van der Waals surface area contributed by atoms with Gasteiger partial charge in [-0.3, -0.25) is 9.48 Å². The first-order valence-corrected chi connectivity index (χ1v) is 6.20. The molecular weight excluding hydrogens is 216 g/mol. The fraction of sp³-hybridized carbons (Fsp3) is 0.667. The van der Waals surface area contributed by atoms with Gasteiger partial charge in [0.25, 0.3) is 0 Å². The monoisotopic (exact) mass is 236 g/mol. The van der Waals surface area contributed by atoms with E-state index in [-0.39, 0.29) is 23.9 Å². The number of carbonyl (C=O) groups is 1. The van der Waals surface area contributed by atoms with Crippen molar-refractivity contribution in [2.75, 3.05) is 0 Å². The van der Waals surface area contributed by atoms with Crippen LogP contribution in [0.5, 0.6) is 0 Å². The first kappa shape index (κ1) is 12.1. The highest BCUT2D eigenvalue weighted by Crippen LogP contribution is 2.24. The highest BCUT2D eigenvalue weighted by molar-refractivity contribution is 5.79. The van der Waals surface area contributed by atoms with Gasteiger partial charge in [-0.2, -0.15) is 5.10 Å². The maximum absolute atomic E-state index is 12.0. The quantitative estimate of drug-likeness (QED) is 0.800. The molecule has 0 radical (unpaired) electrons. The average Bonchev–Trinajstić information content (AvgIpc) is 2.88. The first-order valence-electron chi connectivity index (χ1n) is 6.20. The molecule has 17 heavy (non-hydrogen) atoms. The summed E-state index contributed by atoms with van der Waals surface area (Å²) in [6.45, 7) is 2.68. The maximum atomic E-state index is 12.0. The summed E-state index contributed by atoms with van der Waals surface area (Å²) >= 11 is 0. The van der Waals surface area contributed by atoms with Crippen molar-refractivity contribution in [1.82, 2.24) is 15.1 Å². The minimum Gasteiger partial charge on any atom is -0.351 e. The van der Waals surface area contributed by atoms with Gasteiger partial charge in [-0.25, -0.2) is 0 Å². The molecule has 0 aromatic carbocycles. The molecule has 1 saturated carbocycles. The zero-order valence-electron chi connectivity index (χ0n) is 10.2. The molecule has 94 valence electrons. The van der Waals surface area contributed by atoms with Crippen molar-refractivity contribution in [2.45, 2.75) is 44.8 Å². The number of nitrogens with zero attached hydrogens (tertiary/aromatic N) is 2. The van der Waals surface area contributed by atoms with E-state index in [0.717, 1.165) is 19.3 Å². The third-order valence-corrected chi connectivity index (χ3v) is 3.31. The highest BCUT2D eigenvalue weighted by atomic mass is 16.2. The van der Waals surface area contributed by atoms with E-state index in [1.165, 1.54) is 0 Å². The van der Waals surface area contributed by atoms with Crippen molar-refractivity contribution in [3.05, 3.63) is 18.5 Å². The van der Waals surface area contributed by atoms with Crippen molar-refractivity contribution in [3.8, 4) is 0 Å². The summed E-state index contributed by atoms with van der Waals surface area (Å²) in [6.07, 6.45) is 6.57. The smallest absolute Gasteiger partial charge is 0.224 e. The predicted octanol–water partition coefficient (Wildman–Crippen LogP) is 0.515. The molecule has 1 fully saturated rings. The standard InChI is InChI=1S/C12H20N4O/c1-9(8-16-7-3-6-14-16)15-12(17)10-4-2-5-11(10)13/h3,6-7,9-11H,2,4-5,8,13H2,1H3,(H,15,17). The van der Waals surface area contributed by atoms with E-state index in [4.69, 9.17) is 5.73 Å². The maximum Gasteiger partial charge on any atom is 0.224 e. The Bertz CT molecular complexity index is 363. The van der Waals surface area contributed by atoms with Gasteiger partial charge < -0.3 is 11.1 Å². The van der Waals surface area contributed by atoms with Crippen LogP contribution in [0, 0.1) is 5.92 Å². The topological polar surface area (TPSA) is 72.9 Å². The Hall–Kier alpha value is -1.36. The van der Waals surface area contributed by atoms with Gasteiger partial charge >= 0.3 is 0 Å². The second-order valence-electron chi connectivity index (χ2n) is 4.84. The Balaban J connectivity index is 1.82. The second kappa shape index (κ2) is 5.31. The lowest BCUT2D eigenvalue weighted by atomic mass is 10.0. The van der Waals surface area contributed by atoms with Gasteiger partial charge in [-0.05, 0) is 25.8 Å². The summed E-state index contributed by atoms with van der Waals surface area (Å²) in [5, 5.41) is 7.13. The minimum atomic E-state index is -0.00456. The molecule has 0 saturated heterocycles. The van der Waals surface area contributed by atoms with E-state index in [1.54, 1.807) is 6.20 Å². The molecule has 3 unspecified atom stereocenters. The summed E-state index contributed by atoms with van der Waals surface area (Å²) in [6, 6.07) is 1.99. The van der Waals surface area contributed by atoms with E-state index in [9.17, 15) is 4.79 Å². The molecule has 2 rings (SSSR count). The summed E-state index contributed by atoms with van der Waals surface area (Å²) in [4.78, 5) is 12.0. The molecule has 1 aromatic heterocycles. The summed E-state index contributed by atoms with van der Waals surface area (Å²) in [7, 11) is 0. The van der Waals surface area contributed by atoms with Crippen molar-refractivity contribution >= 4 is 5.91 Å². The molecule has 5 nitrogen and oxygen atoms in total. The average molecular weight is 236 g/mol. The Morgan fingerprint density at radius 1 is 1.65 bits per heavy atom. The predicted molar refractivity (Wildman–Crippen MR) is 65.1 cm³/mol. The van der Waals surface area contributed by atoms with Crippen LogP contribution in [-0.2, 0) is 11.3 Å². The van der Waals surface area contributed by atoms with Gasteiger partial charge in [0.1, 0.15) is 0 Å². The van der Waals surface area contributed by atoms with Gasteiger partial charge in [-0.1, -0.05) is 6.42 Å². The largest absolute Gasteiger partial charge is 0.351 e. The number of nitrogens with two attached hydrogens (primary N) is 1. The Labute approximate surface area is 101 Å². The normalized spacial score (nSPS) is 25.8. The molecule has 1 amide bonds. The number of amides is 1. The molecule has 1 heterocycles. The Kier molecular flexibility index (Phi) is 3.78. The minimum absolute atomic E-state index is 0.00456. The van der Waals surface area contributed by atoms with Crippen LogP contribution in [0.3, 0.4) is 0 Å². The van der Waals surface area contributed by atoms with E-state index in [2.05, 4.69) is 10.4 Å². The van der Waals surface area contributed by atoms with Crippen LogP contribution < -0.4 is 11.1 Å². The van der Waals surface area contributed by atoms with Crippen molar-refractivity contribution in [3.63, 3.8) is 0 Å². The second-order valence-corrected chi connectivity index (χ2v) is 4.84. The van der Waals surface area contributed by atoms with Crippen LogP contribution in [0.2, 0.25) is 0 Å². The first-order chi connectivity index (χ1) is 8.16. The summed E-state index contributed by atoms with van der Waals surface area (Å²) < 4.78 is 1.82. The van der Waals surface area contributed by atoms with E-state index in [1.807, 2.05) is 23.9 Å². The molecule has 3 atom stereocenters. The highest BCUT2D eigenvalue weighted by Gasteiger charge is 2.30. The van der Waals surface area contributed by atoms with Crippen LogP contribution in [0.1, 0.15) is 26.2 Å². The molecule has 1 aromatic rings. The summed E-state index contributed by atoms with van der Waals surface area (Å²) in [5.41, 5.74) is 5.91. The van der Waals surface area contributed by atoms with Crippen LogP contribution >= 0.6 is 0 Å². The zero-order valence-corrected chi connectivity index (χ0v) is 10.2. The lowest BCUT2D eigenvalue weighted by Gasteiger charge is -2.19. The lowest BCUT2D eigenvalue weighted by molar-refractivity contribution is -0.125. The van der Waals surface area contributed by atoms with Gasteiger partial charge in [0.05, 0.1) is 12.5 Å². The molecule has 5 heteroatoms. The van der Waals surface area contributed by atoms with Crippen molar-refractivity contribution in [2.24, 2.45) is 11.7 Å². The van der Waals surface area contributed by atoms with E-state index < -0.39 is 0 Å². The number of carbonyl (C=O) groups excluding carboxylic acids is 1. The summed E-state index contributed by atoms with van der Waals surface area (Å²) in [5.74, 6) is 0.0877. The molecule has 0 spiro atoms. The number of nitrogens with one attached hydrogen (secondary N) is 1. The number of hydrogen-bond acceptors (Lipinski definition) is 3. The van der Waals surface area contributed by atoms with Crippen LogP contribution in [0.25, 0.3) is 0 Å². The zero-order chi connectivity index (χ0) is 12.3. The fourth-order valence-corrected chi connectivity index (χ4v) is 2.40. The van der Waals surface area contributed by atoms with Crippen LogP contribution in [-0.4, -0.2) is 27.8 Å². The number of aromatic nitrogens is 2. The third-order valence-electron chi connectivity index (χ3n) is 3.31. The van der Waals surface area contributed by atoms with E-state index in [0.29, 0.717) is 6.54 Å². The molecule has 0 aliphatic heterocycles. The molecule has 0 bridgehead atoms. The van der Waals surface area contributed by atoms with Gasteiger partial charge in [0.15, 0.2) is 0 Å². The van der Waals surface area contributed by atoms with Crippen molar-refractivity contribution < 1.29 is 4.79 Å². The molecule has 1 aliphatic rings. The Morgan fingerprint density at radius 2 is 2.47 bits per heavy atom. The third kappa shape index (κ3) is 3.06. The van der Waals surface area contributed by atoms with Gasteiger partial charge in [-0.15, -0.1) is 0 Å². The van der Waals surface area contributed by atoms with Crippen molar-refractivity contribution in [1.29, 1.82) is 0 Å². The Morgan fingerprint density at radius 3 is 3.06 bits per heavy atom.